The first-order valence-electron chi connectivity index (χ1n) is 6.21. The van der Waals surface area contributed by atoms with Crippen molar-refractivity contribution in [2.24, 2.45) is 0 Å². The number of nitrogens with zero attached hydrogens (tertiary/aromatic N) is 1. The molecule has 2 aromatic carbocycles. The number of aryl methyl sites for hydroxylation is 1. The molecule has 0 saturated carbocycles. The zero-order valence-corrected chi connectivity index (χ0v) is 13.4. The van der Waals surface area contributed by atoms with E-state index in [0.717, 1.165) is 22.6 Å². The fourth-order valence-corrected chi connectivity index (χ4v) is 3.18. The molecule has 106 valence electrons. The van der Waals surface area contributed by atoms with Crippen LogP contribution in [0.5, 0.6) is 0 Å². The Morgan fingerprint density at radius 2 is 1.75 bits per heavy atom. The quantitative estimate of drug-likeness (QED) is 0.659. The number of halogens is 1. The Morgan fingerprint density at radius 1 is 1.05 bits per heavy atom. The third kappa shape index (κ3) is 2.53. The Labute approximate surface area is 130 Å². The largest absolute Gasteiger partial charge is 0.398 e. The lowest BCUT2D eigenvalue weighted by Gasteiger charge is -2.23. The van der Waals surface area contributed by atoms with Crippen molar-refractivity contribution in [3.05, 3.63) is 35.9 Å². The van der Waals surface area contributed by atoms with Gasteiger partial charge in [-0.2, -0.15) is 0 Å². The molecular formula is C15H18ClN3S. The van der Waals surface area contributed by atoms with Gasteiger partial charge in [0.15, 0.2) is 0 Å². The standard InChI is InChI=1S/C15H17N3S.ClH/c1-9-6-13-15(8-11(9)16)19-14-7-10(18(2)3)4-5-12(14)17-13;/h4-8,17H,16H2,1-3H3;1H. The van der Waals surface area contributed by atoms with Gasteiger partial charge in [0.25, 0.3) is 0 Å². The molecule has 20 heavy (non-hydrogen) atoms. The van der Waals surface area contributed by atoms with E-state index in [2.05, 4.69) is 48.6 Å². The van der Waals surface area contributed by atoms with E-state index in [1.807, 2.05) is 13.0 Å². The molecule has 1 aliphatic rings. The van der Waals surface area contributed by atoms with Crippen LogP contribution in [0.3, 0.4) is 0 Å². The predicted molar refractivity (Wildman–Crippen MR) is 91.0 cm³/mol. The molecule has 5 heteroatoms. The SMILES string of the molecule is Cc1cc2c(cc1N)Sc1cc(N(C)C)ccc1N2.Cl. The topological polar surface area (TPSA) is 41.3 Å². The van der Waals surface area contributed by atoms with Crippen LogP contribution in [0.2, 0.25) is 0 Å². The second-order valence-corrected chi connectivity index (χ2v) is 6.09. The Kier molecular flexibility index (Phi) is 4.06. The van der Waals surface area contributed by atoms with E-state index in [9.17, 15) is 0 Å². The molecule has 0 aromatic heterocycles. The third-order valence-electron chi connectivity index (χ3n) is 3.34. The van der Waals surface area contributed by atoms with Crippen molar-refractivity contribution >= 4 is 46.9 Å². The first kappa shape index (κ1) is 14.9. The van der Waals surface area contributed by atoms with Crippen molar-refractivity contribution < 1.29 is 0 Å². The lowest BCUT2D eigenvalue weighted by molar-refractivity contribution is 1.12. The van der Waals surface area contributed by atoms with Crippen LogP contribution in [0, 0.1) is 6.92 Å². The second-order valence-electron chi connectivity index (χ2n) is 5.01. The number of fused-ring (bicyclic) bond motifs is 2. The second kappa shape index (κ2) is 5.46. The number of anilines is 4. The molecule has 0 spiro atoms. The molecule has 0 atom stereocenters. The normalized spacial score (nSPS) is 11.8. The van der Waals surface area contributed by atoms with Crippen LogP contribution in [0.25, 0.3) is 0 Å². The zero-order chi connectivity index (χ0) is 13.6. The van der Waals surface area contributed by atoms with E-state index in [0.29, 0.717) is 0 Å². The molecule has 0 amide bonds. The molecular weight excluding hydrogens is 290 g/mol. The number of nitrogen functional groups attached to an aromatic ring is 1. The summed E-state index contributed by atoms with van der Waals surface area (Å²) in [6, 6.07) is 10.6. The van der Waals surface area contributed by atoms with Gasteiger partial charge in [-0.1, -0.05) is 11.8 Å². The van der Waals surface area contributed by atoms with Gasteiger partial charge in [0.2, 0.25) is 0 Å². The first-order chi connectivity index (χ1) is 9.04. The van der Waals surface area contributed by atoms with Gasteiger partial charge in [-0.05, 0) is 42.8 Å². The van der Waals surface area contributed by atoms with Crippen LogP contribution in [-0.2, 0) is 0 Å². The third-order valence-corrected chi connectivity index (χ3v) is 4.45. The van der Waals surface area contributed by atoms with Crippen LogP contribution in [0.1, 0.15) is 5.56 Å². The summed E-state index contributed by atoms with van der Waals surface area (Å²) in [6.07, 6.45) is 0. The minimum absolute atomic E-state index is 0. The summed E-state index contributed by atoms with van der Waals surface area (Å²) in [7, 11) is 4.11. The summed E-state index contributed by atoms with van der Waals surface area (Å²) in [5.41, 5.74) is 11.5. The van der Waals surface area contributed by atoms with E-state index in [-0.39, 0.29) is 12.4 Å². The van der Waals surface area contributed by atoms with E-state index in [4.69, 9.17) is 5.73 Å². The summed E-state index contributed by atoms with van der Waals surface area (Å²) in [5, 5.41) is 3.48. The van der Waals surface area contributed by atoms with Crippen molar-refractivity contribution in [3.63, 3.8) is 0 Å². The monoisotopic (exact) mass is 307 g/mol. The summed E-state index contributed by atoms with van der Waals surface area (Å²) in [6.45, 7) is 2.03. The highest BCUT2D eigenvalue weighted by Gasteiger charge is 2.17. The van der Waals surface area contributed by atoms with Gasteiger partial charge in [0.05, 0.1) is 11.4 Å². The fourth-order valence-electron chi connectivity index (χ4n) is 2.13. The summed E-state index contributed by atoms with van der Waals surface area (Å²) in [4.78, 5) is 4.54. The molecule has 1 heterocycles. The molecule has 0 aliphatic carbocycles. The molecule has 1 aliphatic heterocycles. The Balaban J connectivity index is 0.00000147. The number of rotatable bonds is 1. The van der Waals surface area contributed by atoms with Crippen molar-refractivity contribution in [1.29, 1.82) is 0 Å². The first-order valence-corrected chi connectivity index (χ1v) is 7.02. The maximum atomic E-state index is 5.99. The number of hydrogen-bond acceptors (Lipinski definition) is 4. The van der Waals surface area contributed by atoms with Crippen LogP contribution in [0.4, 0.5) is 22.7 Å². The lowest BCUT2D eigenvalue weighted by Crippen LogP contribution is -2.09. The fraction of sp³-hybridized carbons (Fsp3) is 0.200. The minimum Gasteiger partial charge on any atom is -0.398 e. The average molecular weight is 308 g/mol. The molecule has 2 aromatic rings. The summed E-state index contributed by atoms with van der Waals surface area (Å²) in [5.74, 6) is 0. The van der Waals surface area contributed by atoms with E-state index < -0.39 is 0 Å². The molecule has 0 fully saturated rings. The highest BCUT2D eigenvalue weighted by atomic mass is 35.5. The predicted octanol–water partition coefficient (Wildman–Crippen LogP) is 4.27. The smallest absolute Gasteiger partial charge is 0.0530 e. The van der Waals surface area contributed by atoms with Gasteiger partial charge in [-0.3, -0.25) is 0 Å². The van der Waals surface area contributed by atoms with Crippen LogP contribution < -0.4 is 16.0 Å². The number of nitrogens with two attached hydrogens (primary N) is 1. The maximum Gasteiger partial charge on any atom is 0.0530 e. The Morgan fingerprint density at radius 3 is 2.45 bits per heavy atom. The van der Waals surface area contributed by atoms with Crippen LogP contribution in [-0.4, -0.2) is 14.1 Å². The molecule has 0 radical (unpaired) electrons. The molecule has 0 saturated heterocycles. The van der Waals surface area contributed by atoms with Gasteiger partial charge >= 0.3 is 0 Å². The molecule has 3 nitrogen and oxygen atoms in total. The van der Waals surface area contributed by atoms with Gasteiger partial charge in [0, 0.05) is 35.3 Å². The molecule has 0 bridgehead atoms. The van der Waals surface area contributed by atoms with Crippen molar-refractivity contribution in [1.82, 2.24) is 0 Å². The Bertz CT molecular complexity index is 656. The average Bonchev–Trinajstić information content (AvgIpc) is 2.37. The van der Waals surface area contributed by atoms with Gasteiger partial charge < -0.3 is 16.0 Å². The van der Waals surface area contributed by atoms with Crippen molar-refractivity contribution in [2.45, 2.75) is 16.7 Å². The van der Waals surface area contributed by atoms with Crippen LogP contribution in [0.15, 0.2) is 40.1 Å². The Hall–Kier alpha value is -1.52. The summed E-state index contributed by atoms with van der Waals surface area (Å²) >= 11 is 1.77. The van der Waals surface area contributed by atoms with Gasteiger partial charge in [0.1, 0.15) is 0 Å². The highest BCUT2D eigenvalue weighted by molar-refractivity contribution is 7.99. The van der Waals surface area contributed by atoms with Gasteiger partial charge in [-0.25, -0.2) is 0 Å². The number of nitrogens with one attached hydrogen (secondary N) is 1. The maximum absolute atomic E-state index is 5.99. The number of benzene rings is 2. The zero-order valence-electron chi connectivity index (χ0n) is 11.7. The van der Waals surface area contributed by atoms with Gasteiger partial charge in [-0.15, -0.1) is 12.4 Å². The molecule has 0 unspecified atom stereocenters. The minimum atomic E-state index is 0. The lowest BCUT2D eigenvalue weighted by atomic mass is 10.1. The van der Waals surface area contributed by atoms with Crippen molar-refractivity contribution in [3.8, 4) is 0 Å². The van der Waals surface area contributed by atoms with Crippen molar-refractivity contribution in [2.75, 3.05) is 30.0 Å². The van der Waals surface area contributed by atoms with E-state index >= 15 is 0 Å². The number of hydrogen-bond donors (Lipinski definition) is 2. The molecule has 3 rings (SSSR count). The van der Waals surface area contributed by atoms with E-state index in [1.54, 1.807) is 11.8 Å². The highest BCUT2D eigenvalue weighted by Crippen LogP contribution is 2.46. The van der Waals surface area contributed by atoms with E-state index in [1.165, 1.54) is 15.5 Å². The molecule has 3 N–H and O–H groups in total. The summed E-state index contributed by atoms with van der Waals surface area (Å²) < 4.78 is 0. The van der Waals surface area contributed by atoms with Crippen LogP contribution >= 0.6 is 24.2 Å².